The maximum absolute atomic E-state index is 5.17. The molecule has 0 aliphatic heterocycles. The largest absolute Gasteiger partial charge is 0.380 e. The van der Waals surface area contributed by atoms with Crippen LogP contribution in [0.2, 0.25) is 0 Å². The fourth-order valence-corrected chi connectivity index (χ4v) is 2.28. The number of benzene rings is 2. The summed E-state index contributed by atoms with van der Waals surface area (Å²) in [6.07, 6.45) is 0. The average Bonchev–Trinajstić information content (AvgIpc) is 2.19. The van der Waals surface area contributed by atoms with Crippen molar-refractivity contribution in [1.29, 1.82) is 0 Å². The van der Waals surface area contributed by atoms with E-state index in [4.69, 9.17) is 4.74 Å². The van der Waals surface area contributed by atoms with Crippen LogP contribution in [0.3, 0.4) is 0 Å². The number of halogens is 1. The van der Waals surface area contributed by atoms with E-state index >= 15 is 0 Å². The lowest BCUT2D eigenvalue weighted by molar-refractivity contribution is 0.186. The Morgan fingerprint density at radius 3 is 2.57 bits per heavy atom. The van der Waals surface area contributed by atoms with E-state index < -0.39 is 0 Å². The van der Waals surface area contributed by atoms with Gasteiger partial charge in [-0.15, -0.1) is 0 Å². The van der Waals surface area contributed by atoms with E-state index in [1.165, 1.54) is 16.3 Å². The second-order valence-corrected chi connectivity index (χ2v) is 4.04. The van der Waals surface area contributed by atoms with Gasteiger partial charge in [0.1, 0.15) is 0 Å². The first-order valence-electron chi connectivity index (χ1n) is 4.48. The maximum atomic E-state index is 5.17. The molecule has 2 rings (SSSR count). The van der Waals surface area contributed by atoms with Crippen LogP contribution in [0.5, 0.6) is 0 Å². The van der Waals surface area contributed by atoms with Crippen molar-refractivity contribution in [3.8, 4) is 0 Å². The summed E-state index contributed by atoms with van der Waals surface area (Å²) >= 11 is 3.56. The molecule has 0 fully saturated rings. The second-order valence-electron chi connectivity index (χ2n) is 3.19. The summed E-state index contributed by atoms with van der Waals surface area (Å²) in [7, 11) is 1.72. The summed E-state index contributed by atoms with van der Waals surface area (Å²) < 4.78 is 6.30. The summed E-state index contributed by atoms with van der Waals surface area (Å²) in [6, 6.07) is 12.5. The van der Waals surface area contributed by atoms with E-state index in [1.807, 2.05) is 6.07 Å². The number of fused-ring (bicyclic) bond motifs is 1. The van der Waals surface area contributed by atoms with Crippen LogP contribution in [0.4, 0.5) is 0 Å². The SMILES string of the molecule is COCc1cccc2cccc(Br)c12. The Labute approximate surface area is 91.8 Å². The van der Waals surface area contributed by atoms with Crippen molar-refractivity contribution in [2.45, 2.75) is 6.61 Å². The topological polar surface area (TPSA) is 9.23 Å². The van der Waals surface area contributed by atoms with Crippen molar-refractivity contribution < 1.29 is 4.74 Å². The zero-order valence-electron chi connectivity index (χ0n) is 7.96. The van der Waals surface area contributed by atoms with Gasteiger partial charge in [0.2, 0.25) is 0 Å². The summed E-state index contributed by atoms with van der Waals surface area (Å²) in [4.78, 5) is 0. The molecule has 2 aromatic carbocycles. The first-order chi connectivity index (χ1) is 6.83. The molecule has 14 heavy (non-hydrogen) atoms. The fraction of sp³-hybridized carbons (Fsp3) is 0.167. The third-order valence-electron chi connectivity index (χ3n) is 2.24. The first kappa shape index (κ1) is 9.69. The number of hydrogen-bond acceptors (Lipinski definition) is 1. The molecule has 0 amide bonds. The zero-order valence-corrected chi connectivity index (χ0v) is 9.54. The lowest BCUT2D eigenvalue weighted by Crippen LogP contribution is -1.89. The minimum atomic E-state index is 0.653. The van der Waals surface area contributed by atoms with Gasteiger partial charge in [-0.25, -0.2) is 0 Å². The van der Waals surface area contributed by atoms with Gasteiger partial charge >= 0.3 is 0 Å². The van der Waals surface area contributed by atoms with Gasteiger partial charge in [-0.05, 0) is 17.0 Å². The van der Waals surface area contributed by atoms with E-state index in [0.29, 0.717) is 6.61 Å². The fourth-order valence-electron chi connectivity index (χ4n) is 1.65. The Kier molecular flexibility index (Phi) is 2.85. The molecular weight excluding hydrogens is 240 g/mol. The van der Waals surface area contributed by atoms with Crippen molar-refractivity contribution >= 4 is 26.7 Å². The molecule has 1 nitrogen and oxygen atoms in total. The van der Waals surface area contributed by atoms with Gasteiger partial charge in [0, 0.05) is 17.0 Å². The lowest BCUT2D eigenvalue weighted by Gasteiger charge is -2.06. The number of hydrogen-bond donors (Lipinski definition) is 0. The van der Waals surface area contributed by atoms with Gasteiger partial charge < -0.3 is 4.74 Å². The Balaban J connectivity index is 2.71. The Hall–Kier alpha value is -0.860. The molecule has 0 spiro atoms. The van der Waals surface area contributed by atoms with Crippen LogP contribution in [-0.2, 0) is 11.3 Å². The molecular formula is C12H11BrO. The Morgan fingerprint density at radius 1 is 1.14 bits per heavy atom. The van der Waals surface area contributed by atoms with Crippen LogP contribution < -0.4 is 0 Å². The molecule has 0 N–H and O–H groups in total. The minimum absolute atomic E-state index is 0.653. The molecule has 0 saturated carbocycles. The maximum Gasteiger partial charge on any atom is 0.0719 e. The van der Waals surface area contributed by atoms with E-state index in [1.54, 1.807) is 7.11 Å². The van der Waals surface area contributed by atoms with Crippen LogP contribution in [-0.4, -0.2) is 7.11 Å². The molecule has 0 unspecified atom stereocenters. The molecule has 0 bridgehead atoms. The van der Waals surface area contributed by atoms with Gasteiger partial charge in [0.05, 0.1) is 6.61 Å². The van der Waals surface area contributed by atoms with E-state index in [0.717, 1.165) is 4.47 Å². The van der Waals surface area contributed by atoms with Crippen molar-refractivity contribution in [2.75, 3.05) is 7.11 Å². The highest BCUT2D eigenvalue weighted by atomic mass is 79.9. The summed E-state index contributed by atoms with van der Waals surface area (Å²) in [5, 5.41) is 2.49. The Bertz CT molecular complexity index is 446. The van der Waals surface area contributed by atoms with Crippen LogP contribution >= 0.6 is 15.9 Å². The lowest BCUT2D eigenvalue weighted by atomic mass is 10.1. The zero-order chi connectivity index (χ0) is 9.97. The number of rotatable bonds is 2. The summed E-state index contributed by atoms with van der Waals surface area (Å²) in [6.45, 7) is 0.653. The van der Waals surface area contributed by atoms with E-state index in [9.17, 15) is 0 Å². The Morgan fingerprint density at radius 2 is 1.86 bits per heavy atom. The molecule has 72 valence electrons. The molecule has 0 heterocycles. The van der Waals surface area contributed by atoms with Gasteiger partial charge in [0.25, 0.3) is 0 Å². The van der Waals surface area contributed by atoms with Crippen LogP contribution in [0.15, 0.2) is 40.9 Å². The van der Waals surface area contributed by atoms with E-state index in [-0.39, 0.29) is 0 Å². The minimum Gasteiger partial charge on any atom is -0.380 e. The van der Waals surface area contributed by atoms with Gasteiger partial charge in [-0.1, -0.05) is 46.3 Å². The molecule has 2 heteroatoms. The predicted octanol–water partition coefficient (Wildman–Crippen LogP) is 3.75. The van der Waals surface area contributed by atoms with Crippen molar-refractivity contribution in [3.05, 3.63) is 46.4 Å². The predicted molar refractivity (Wildman–Crippen MR) is 62.4 cm³/mol. The molecule has 0 aliphatic carbocycles. The first-order valence-corrected chi connectivity index (χ1v) is 5.27. The molecule has 0 aliphatic rings. The highest BCUT2D eigenvalue weighted by Gasteiger charge is 2.03. The number of methoxy groups -OCH3 is 1. The smallest absolute Gasteiger partial charge is 0.0719 e. The van der Waals surface area contributed by atoms with Gasteiger partial charge in [-0.2, -0.15) is 0 Å². The normalized spacial score (nSPS) is 10.7. The highest BCUT2D eigenvalue weighted by molar-refractivity contribution is 9.10. The summed E-state index contributed by atoms with van der Waals surface area (Å²) in [5.41, 5.74) is 1.22. The molecule has 0 radical (unpaired) electrons. The van der Waals surface area contributed by atoms with E-state index in [2.05, 4.69) is 46.3 Å². The highest BCUT2D eigenvalue weighted by Crippen LogP contribution is 2.27. The van der Waals surface area contributed by atoms with Crippen LogP contribution in [0.25, 0.3) is 10.8 Å². The monoisotopic (exact) mass is 250 g/mol. The van der Waals surface area contributed by atoms with Crippen molar-refractivity contribution in [3.63, 3.8) is 0 Å². The van der Waals surface area contributed by atoms with Crippen molar-refractivity contribution in [1.82, 2.24) is 0 Å². The molecule has 2 aromatic rings. The van der Waals surface area contributed by atoms with Crippen LogP contribution in [0.1, 0.15) is 5.56 Å². The third-order valence-corrected chi connectivity index (χ3v) is 2.90. The second kappa shape index (κ2) is 4.11. The summed E-state index contributed by atoms with van der Waals surface area (Å²) in [5.74, 6) is 0. The van der Waals surface area contributed by atoms with Gasteiger partial charge in [0.15, 0.2) is 0 Å². The third kappa shape index (κ3) is 1.68. The van der Waals surface area contributed by atoms with Crippen LogP contribution in [0, 0.1) is 0 Å². The van der Waals surface area contributed by atoms with Crippen molar-refractivity contribution in [2.24, 2.45) is 0 Å². The number of ether oxygens (including phenoxy) is 1. The quantitative estimate of drug-likeness (QED) is 0.789. The van der Waals surface area contributed by atoms with Gasteiger partial charge in [-0.3, -0.25) is 0 Å². The average molecular weight is 251 g/mol. The molecule has 0 aromatic heterocycles. The molecule has 0 saturated heterocycles. The molecule has 0 atom stereocenters. The standard InChI is InChI=1S/C12H11BrO/c1-14-8-10-6-2-4-9-5-3-7-11(13)12(9)10/h2-7H,8H2,1H3.